The highest BCUT2D eigenvalue weighted by Gasteiger charge is 2.44. The zero-order valence-corrected chi connectivity index (χ0v) is 15.8. The lowest BCUT2D eigenvalue weighted by atomic mass is 9.73. The van der Waals surface area contributed by atoms with Gasteiger partial charge in [-0.25, -0.2) is 0 Å². The van der Waals surface area contributed by atoms with Gasteiger partial charge in [-0.1, -0.05) is 38.3 Å². The minimum Gasteiger partial charge on any atom is -0.496 e. The van der Waals surface area contributed by atoms with Crippen LogP contribution in [0.15, 0.2) is 18.2 Å². The van der Waals surface area contributed by atoms with Gasteiger partial charge in [-0.05, 0) is 73.5 Å². The third-order valence-electron chi connectivity index (χ3n) is 6.54. The monoisotopic (exact) mass is 346 g/mol. The van der Waals surface area contributed by atoms with Crippen LogP contribution in [0, 0.1) is 17.8 Å². The molecular formula is C22H34O3. The van der Waals surface area contributed by atoms with E-state index in [0.717, 1.165) is 50.7 Å². The predicted octanol–water partition coefficient (Wildman–Crippen LogP) is 4.13. The fourth-order valence-electron chi connectivity index (χ4n) is 5.15. The van der Waals surface area contributed by atoms with Crippen LogP contribution in [-0.2, 0) is 12.8 Å². The molecule has 1 unspecified atom stereocenters. The van der Waals surface area contributed by atoms with Gasteiger partial charge in [0.25, 0.3) is 0 Å². The van der Waals surface area contributed by atoms with Crippen LogP contribution in [0.3, 0.4) is 0 Å². The van der Waals surface area contributed by atoms with Gasteiger partial charge in [0.15, 0.2) is 0 Å². The summed E-state index contributed by atoms with van der Waals surface area (Å²) in [5.74, 6) is 2.45. The summed E-state index contributed by atoms with van der Waals surface area (Å²) < 4.78 is 5.54. The number of hydrogen-bond acceptors (Lipinski definition) is 3. The molecule has 140 valence electrons. The zero-order chi connectivity index (χ0) is 17.8. The van der Waals surface area contributed by atoms with E-state index in [0.29, 0.717) is 17.8 Å². The highest BCUT2D eigenvalue weighted by atomic mass is 16.5. The average molecular weight is 347 g/mol. The number of ether oxygens (including phenoxy) is 1. The van der Waals surface area contributed by atoms with E-state index in [9.17, 15) is 10.2 Å². The summed E-state index contributed by atoms with van der Waals surface area (Å²) in [6, 6.07) is 6.35. The Kier molecular flexibility index (Phi) is 6.40. The van der Waals surface area contributed by atoms with Crippen molar-refractivity contribution in [2.45, 2.75) is 76.9 Å². The van der Waals surface area contributed by atoms with Crippen molar-refractivity contribution in [2.24, 2.45) is 17.8 Å². The summed E-state index contributed by atoms with van der Waals surface area (Å²) in [5.41, 5.74) is 2.74. The standard InChI is InChI=1S/C22H34O3/c1-3-4-5-8-17(23)10-11-18-19-12-15-7-6-9-22(25-2)20(15)13-16(19)14-21(18)24/h6-7,9,16-19,21,23-24H,3-5,8,10-14H2,1-2H3/t16-,17?,18+,19-,21+/m0/s1. The zero-order valence-electron chi connectivity index (χ0n) is 15.8. The first-order chi connectivity index (χ1) is 12.1. The Morgan fingerprint density at radius 3 is 2.80 bits per heavy atom. The maximum Gasteiger partial charge on any atom is 0.122 e. The van der Waals surface area contributed by atoms with Crippen LogP contribution in [0.5, 0.6) is 5.75 Å². The maximum absolute atomic E-state index is 10.6. The van der Waals surface area contributed by atoms with Gasteiger partial charge in [-0.2, -0.15) is 0 Å². The lowest BCUT2D eigenvalue weighted by Crippen LogP contribution is -2.28. The smallest absolute Gasteiger partial charge is 0.122 e. The van der Waals surface area contributed by atoms with Gasteiger partial charge < -0.3 is 14.9 Å². The van der Waals surface area contributed by atoms with E-state index in [2.05, 4.69) is 25.1 Å². The van der Waals surface area contributed by atoms with Gasteiger partial charge in [-0.15, -0.1) is 0 Å². The summed E-state index contributed by atoms with van der Waals surface area (Å²) in [5, 5.41) is 20.9. The maximum atomic E-state index is 10.6. The topological polar surface area (TPSA) is 49.7 Å². The summed E-state index contributed by atoms with van der Waals surface area (Å²) in [6.45, 7) is 2.19. The molecule has 0 spiro atoms. The minimum absolute atomic E-state index is 0.200. The first-order valence-electron chi connectivity index (χ1n) is 10.1. The molecule has 25 heavy (non-hydrogen) atoms. The molecule has 3 nitrogen and oxygen atoms in total. The summed E-state index contributed by atoms with van der Waals surface area (Å²) in [6.07, 6.45) is 8.77. The lowest BCUT2D eigenvalue weighted by molar-refractivity contribution is 0.0869. The molecule has 1 saturated carbocycles. The Morgan fingerprint density at radius 2 is 2.04 bits per heavy atom. The van der Waals surface area contributed by atoms with Crippen LogP contribution >= 0.6 is 0 Å². The molecule has 2 aliphatic carbocycles. The first kappa shape index (κ1) is 18.7. The Balaban J connectivity index is 1.61. The summed E-state index contributed by atoms with van der Waals surface area (Å²) >= 11 is 0. The van der Waals surface area contributed by atoms with Gasteiger partial charge in [-0.3, -0.25) is 0 Å². The third kappa shape index (κ3) is 4.20. The second-order valence-corrected chi connectivity index (χ2v) is 8.12. The van der Waals surface area contributed by atoms with Crippen molar-refractivity contribution < 1.29 is 14.9 Å². The van der Waals surface area contributed by atoms with Crippen LogP contribution in [0.4, 0.5) is 0 Å². The molecule has 0 radical (unpaired) electrons. The Bertz CT molecular complexity index is 556. The summed E-state index contributed by atoms with van der Waals surface area (Å²) in [4.78, 5) is 0. The van der Waals surface area contributed by atoms with Crippen molar-refractivity contribution >= 4 is 0 Å². The molecule has 3 rings (SSSR count). The third-order valence-corrected chi connectivity index (χ3v) is 6.54. The Hall–Kier alpha value is -1.06. The van der Waals surface area contributed by atoms with Gasteiger partial charge >= 0.3 is 0 Å². The van der Waals surface area contributed by atoms with Crippen LogP contribution in [0.2, 0.25) is 0 Å². The molecule has 1 aromatic carbocycles. The highest BCUT2D eigenvalue weighted by Crippen LogP contribution is 2.48. The summed E-state index contributed by atoms with van der Waals surface area (Å²) in [7, 11) is 1.74. The quantitative estimate of drug-likeness (QED) is 0.696. The molecule has 0 aliphatic heterocycles. The van der Waals surface area contributed by atoms with Gasteiger partial charge in [0.05, 0.1) is 19.3 Å². The predicted molar refractivity (Wildman–Crippen MR) is 101 cm³/mol. The van der Waals surface area contributed by atoms with Gasteiger partial charge in [0.1, 0.15) is 5.75 Å². The van der Waals surface area contributed by atoms with Crippen molar-refractivity contribution in [3.05, 3.63) is 29.3 Å². The van der Waals surface area contributed by atoms with E-state index in [1.165, 1.54) is 24.0 Å². The number of hydrogen-bond donors (Lipinski definition) is 2. The van der Waals surface area contributed by atoms with E-state index < -0.39 is 0 Å². The molecule has 0 bridgehead atoms. The molecule has 0 heterocycles. The number of aliphatic hydroxyl groups excluding tert-OH is 2. The molecule has 0 amide bonds. The highest BCUT2D eigenvalue weighted by molar-refractivity contribution is 5.43. The van der Waals surface area contributed by atoms with E-state index in [1.54, 1.807) is 7.11 Å². The van der Waals surface area contributed by atoms with E-state index >= 15 is 0 Å². The van der Waals surface area contributed by atoms with Crippen molar-refractivity contribution in [3.8, 4) is 5.75 Å². The number of rotatable bonds is 8. The SMILES string of the molecule is CCCCCC(O)CC[C@@H]1[C@H]2Cc3cccc(OC)c3C[C@H]2C[C@H]1O. The van der Waals surface area contributed by atoms with Crippen molar-refractivity contribution in [2.75, 3.05) is 7.11 Å². The number of aliphatic hydroxyl groups is 2. The van der Waals surface area contributed by atoms with Crippen LogP contribution in [-0.4, -0.2) is 29.5 Å². The van der Waals surface area contributed by atoms with E-state index in [-0.39, 0.29) is 12.2 Å². The lowest BCUT2D eigenvalue weighted by Gasteiger charge is -2.32. The van der Waals surface area contributed by atoms with Crippen LogP contribution < -0.4 is 4.74 Å². The normalized spacial score (nSPS) is 29.1. The molecule has 0 saturated heterocycles. The minimum atomic E-state index is -0.210. The molecule has 5 atom stereocenters. The second kappa shape index (κ2) is 8.55. The molecule has 1 aromatic rings. The van der Waals surface area contributed by atoms with Gasteiger partial charge in [0.2, 0.25) is 0 Å². The van der Waals surface area contributed by atoms with Crippen molar-refractivity contribution in [3.63, 3.8) is 0 Å². The molecule has 2 aliphatic rings. The fraction of sp³-hybridized carbons (Fsp3) is 0.727. The van der Waals surface area contributed by atoms with Crippen molar-refractivity contribution in [1.29, 1.82) is 0 Å². The van der Waals surface area contributed by atoms with Crippen molar-refractivity contribution in [1.82, 2.24) is 0 Å². The molecular weight excluding hydrogens is 312 g/mol. The fourth-order valence-corrected chi connectivity index (χ4v) is 5.15. The molecule has 2 N–H and O–H groups in total. The molecule has 1 fully saturated rings. The van der Waals surface area contributed by atoms with Crippen LogP contribution in [0.25, 0.3) is 0 Å². The van der Waals surface area contributed by atoms with E-state index in [1.807, 2.05) is 0 Å². The van der Waals surface area contributed by atoms with Gasteiger partial charge in [0, 0.05) is 0 Å². The number of fused-ring (bicyclic) bond motifs is 2. The Labute approximate surface area is 152 Å². The van der Waals surface area contributed by atoms with Crippen LogP contribution in [0.1, 0.15) is 63.0 Å². The van der Waals surface area contributed by atoms with E-state index in [4.69, 9.17) is 4.74 Å². The first-order valence-corrected chi connectivity index (χ1v) is 10.1. The number of benzene rings is 1. The number of unbranched alkanes of at least 4 members (excludes halogenated alkanes) is 2. The Morgan fingerprint density at radius 1 is 1.20 bits per heavy atom. The second-order valence-electron chi connectivity index (χ2n) is 8.12. The number of methoxy groups -OCH3 is 1. The molecule has 0 aromatic heterocycles. The largest absolute Gasteiger partial charge is 0.496 e. The molecule has 3 heteroatoms. The average Bonchev–Trinajstić information content (AvgIpc) is 2.92.